The first-order chi connectivity index (χ1) is 7.15. The summed E-state index contributed by atoms with van der Waals surface area (Å²) >= 11 is 0. The smallest absolute Gasteiger partial charge is 0.127 e. The van der Waals surface area contributed by atoms with Gasteiger partial charge in [-0.3, -0.25) is 0 Å². The van der Waals surface area contributed by atoms with Gasteiger partial charge in [-0.2, -0.15) is 0 Å². The topological polar surface area (TPSA) is 52.5 Å². The van der Waals surface area contributed by atoms with Gasteiger partial charge in [-0.25, -0.2) is 4.39 Å². The summed E-state index contributed by atoms with van der Waals surface area (Å²) in [7, 11) is 0. The average Bonchev–Trinajstić information content (AvgIpc) is 2.18. The zero-order chi connectivity index (χ0) is 11.3. The Morgan fingerprint density at radius 3 is 2.67 bits per heavy atom. The number of phenolic OH excluding ortho intramolecular Hbond substituents is 1. The number of hydrogen-bond acceptors (Lipinski definition) is 3. The second kappa shape index (κ2) is 5.68. The van der Waals surface area contributed by atoms with Crippen molar-refractivity contribution in [2.24, 2.45) is 0 Å². The van der Waals surface area contributed by atoms with Crippen LogP contribution in [0.1, 0.15) is 18.9 Å². The first kappa shape index (κ1) is 11.9. The second-order valence-electron chi connectivity index (χ2n) is 3.49. The molecule has 0 saturated heterocycles. The maximum Gasteiger partial charge on any atom is 0.127 e. The van der Waals surface area contributed by atoms with Crippen molar-refractivity contribution in [2.75, 3.05) is 6.61 Å². The normalized spacial score (nSPS) is 12.7. The van der Waals surface area contributed by atoms with E-state index in [0.29, 0.717) is 12.1 Å². The number of benzene rings is 1. The molecule has 0 heterocycles. The molecule has 84 valence electrons. The van der Waals surface area contributed by atoms with E-state index in [9.17, 15) is 4.39 Å². The zero-order valence-electron chi connectivity index (χ0n) is 8.70. The van der Waals surface area contributed by atoms with Crippen LogP contribution in [0.2, 0.25) is 0 Å². The molecule has 1 atom stereocenters. The standard InChI is InChI=1S/C11H16FNO2/c1-2-10(7-14)13-6-8-3-9(12)5-11(15)4-8/h3-5,10,13-15H,2,6-7H2,1H3/t10-/m1/s1. The number of phenols is 1. The van der Waals surface area contributed by atoms with E-state index < -0.39 is 5.82 Å². The Hall–Kier alpha value is -1.13. The third-order valence-electron chi connectivity index (χ3n) is 2.25. The molecule has 0 radical (unpaired) electrons. The molecule has 0 amide bonds. The summed E-state index contributed by atoms with van der Waals surface area (Å²) in [6.07, 6.45) is 0.803. The SMILES string of the molecule is CC[C@H](CO)NCc1cc(O)cc(F)c1. The first-order valence-corrected chi connectivity index (χ1v) is 4.98. The average molecular weight is 213 g/mol. The number of halogens is 1. The molecule has 0 spiro atoms. The van der Waals surface area contributed by atoms with Gasteiger partial charge < -0.3 is 15.5 Å². The van der Waals surface area contributed by atoms with Crippen molar-refractivity contribution in [3.8, 4) is 5.75 Å². The summed E-state index contributed by atoms with van der Waals surface area (Å²) in [5, 5.41) is 21.1. The Balaban J connectivity index is 2.57. The lowest BCUT2D eigenvalue weighted by Crippen LogP contribution is -2.31. The van der Waals surface area contributed by atoms with E-state index in [0.717, 1.165) is 12.5 Å². The molecule has 3 N–H and O–H groups in total. The molecule has 1 aromatic rings. The summed E-state index contributed by atoms with van der Waals surface area (Å²) < 4.78 is 12.9. The lowest BCUT2D eigenvalue weighted by molar-refractivity contribution is 0.238. The van der Waals surface area contributed by atoms with Gasteiger partial charge in [0.05, 0.1) is 6.61 Å². The van der Waals surface area contributed by atoms with E-state index in [1.54, 1.807) is 0 Å². The lowest BCUT2D eigenvalue weighted by atomic mass is 10.2. The summed E-state index contributed by atoms with van der Waals surface area (Å²) in [4.78, 5) is 0. The minimum absolute atomic E-state index is 0.00964. The van der Waals surface area contributed by atoms with Gasteiger partial charge in [0.2, 0.25) is 0 Å². The Kier molecular flexibility index (Phi) is 4.52. The zero-order valence-corrected chi connectivity index (χ0v) is 8.70. The molecule has 15 heavy (non-hydrogen) atoms. The number of aromatic hydroxyl groups is 1. The molecule has 0 unspecified atom stereocenters. The van der Waals surface area contributed by atoms with Crippen molar-refractivity contribution in [1.29, 1.82) is 0 Å². The van der Waals surface area contributed by atoms with Crippen LogP contribution < -0.4 is 5.32 Å². The molecule has 0 bridgehead atoms. The number of aliphatic hydroxyl groups excluding tert-OH is 1. The quantitative estimate of drug-likeness (QED) is 0.692. The van der Waals surface area contributed by atoms with Crippen molar-refractivity contribution in [1.82, 2.24) is 5.32 Å². The fourth-order valence-corrected chi connectivity index (χ4v) is 1.34. The first-order valence-electron chi connectivity index (χ1n) is 4.98. The van der Waals surface area contributed by atoms with Crippen LogP contribution in [0, 0.1) is 5.82 Å². The van der Waals surface area contributed by atoms with Crippen LogP contribution in [0.4, 0.5) is 4.39 Å². The summed E-state index contributed by atoms with van der Waals surface area (Å²) in [5.74, 6) is -0.535. The monoisotopic (exact) mass is 213 g/mol. The Bertz CT molecular complexity index is 293. The van der Waals surface area contributed by atoms with Gasteiger partial charge in [0.1, 0.15) is 11.6 Å². The number of rotatable bonds is 5. The van der Waals surface area contributed by atoms with Crippen molar-refractivity contribution in [2.45, 2.75) is 25.9 Å². The molecule has 0 aliphatic heterocycles. The molecule has 1 aromatic carbocycles. The highest BCUT2D eigenvalue weighted by Crippen LogP contribution is 2.14. The van der Waals surface area contributed by atoms with Gasteiger partial charge in [0.15, 0.2) is 0 Å². The van der Waals surface area contributed by atoms with Gasteiger partial charge in [-0.15, -0.1) is 0 Å². The maximum atomic E-state index is 12.9. The van der Waals surface area contributed by atoms with Crippen molar-refractivity contribution >= 4 is 0 Å². The third kappa shape index (κ3) is 3.85. The minimum atomic E-state index is -0.455. The largest absolute Gasteiger partial charge is 0.508 e. The van der Waals surface area contributed by atoms with Crippen LogP contribution in [0.25, 0.3) is 0 Å². The number of hydrogen-bond donors (Lipinski definition) is 3. The van der Waals surface area contributed by atoms with Crippen LogP contribution in [0.15, 0.2) is 18.2 Å². The highest BCUT2D eigenvalue weighted by Gasteiger charge is 2.04. The highest BCUT2D eigenvalue weighted by atomic mass is 19.1. The molecule has 0 aliphatic carbocycles. The molecule has 0 aromatic heterocycles. The molecule has 4 heteroatoms. The van der Waals surface area contributed by atoms with Gasteiger partial charge in [0.25, 0.3) is 0 Å². The predicted molar refractivity (Wildman–Crippen MR) is 56.1 cm³/mol. The fourth-order valence-electron chi connectivity index (χ4n) is 1.34. The molecule has 0 aliphatic rings. The van der Waals surface area contributed by atoms with Gasteiger partial charge in [-0.05, 0) is 24.1 Å². The van der Waals surface area contributed by atoms with E-state index in [4.69, 9.17) is 10.2 Å². The number of aliphatic hydroxyl groups is 1. The van der Waals surface area contributed by atoms with Gasteiger partial charge in [0, 0.05) is 18.7 Å². The summed E-state index contributed by atoms with van der Waals surface area (Å²) in [6.45, 7) is 2.44. The van der Waals surface area contributed by atoms with Crippen molar-refractivity contribution < 1.29 is 14.6 Å². The van der Waals surface area contributed by atoms with Gasteiger partial charge >= 0.3 is 0 Å². The van der Waals surface area contributed by atoms with Crippen LogP contribution in [0.5, 0.6) is 5.75 Å². The Morgan fingerprint density at radius 2 is 2.13 bits per heavy atom. The molecular formula is C11H16FNO2. The third-order valence-corrected chi connectivity index (χ3v) is 2.25. The summed E-state index contributed by atoms with van der Waals surface area (Å²) in [6, 6.07) is 3.93. The van der Waals surface area contributed by atoms with Crippen LogP contribution in [0.3, 0.4) is 0 Å². The highest BCUT2D eigenvalue weighted by molar-refractivity contribution is 5.28. The van der Waals surface area contributed by atoms with E-state index in [-0.39, 0.29) is 18.4 Å². The molecule has 3 nitrogen and oxygen atoms in total. The molecule has 1 rings (SSSR count). The minimum Gasteiger partial charge on any atom is -0.508 e. The van der Waals surface area contributed by atoms with E-state index in [1.807, 2.05) is 6.92 Å². The molecule has 0 fully saturated rings. The fraction of sp³-hybridized carbons (Fsp3) is 0.455. The lowest BCUT2D eigenvalue weighted by Gasteiger charge is -2.13. The number of nitrogens with one attached hydrogen (secondary N) is 1. The Morgan fingerprint density at radius 1 is 1.40 bits per heavy atom. The van der Waals surface area contributed by atoms with Crippen LogP contribution in [-0.2, 0) is 6.54 Å². The second-order valence-corrected chi connectivity index (χ2v) is 3.49. The van der Waals surface area contributed by atoms with E-state index in [1.165, 1.54) is 12.1 Å². The van der Waals surface area contributed by atoms with Crippen molar-refractivity contribution in [3.63, 3.8) is 0 Å². The summed E-state index contributed by atoms with van der Waals surface area (Å²) in [5.41, 5.74) is 0.666. The Labute approximate surface area is 88.6 Å². The van der Waals surface area contributed by atoms with Crippen LogP contribution >= 0.6 is 0 Å². The van der Waals surface area contributed by atoms with Gasteiger partial charge in [-0.1, -0.05) is 6.92 Å². The van der Waals surface area contributed by atoms with E-state index in [2.05, 4.69) is 5.32 Å². The molecular weight excluding hydrogens is 197 g/mol. The van der Waals surface area contributed by atoms with E-state index >= 15 is 0 Å². The van der Waals surface area contributed by atoms with Crippen LogP contribution in [-0.4, -0.2) is 22.9 Å². The van der Waals surface area contributed by atoms with Crippen molar-refractivity contribution in [3.05, 3.63) is 29.6 Å². The maximum absolute atomic E-state index is 12.9. The molecule has 0 saturated carbocycles. The predicted octanol–water partition coefficient (Wildman–Crippen LogP) is 1.39.